The first kappa shape index (κ1) is 32.1. The lowest BCUT2D eigenvalue weighted by Gasteiger charge is -2.44. The Balaban J connectivity index is 1.28. The Labute approximate surface area is 283 Å². The maximum Gasteiger partial charge on any atom is 0.282 e. The van der Waals surface area contributed by atoms with E-state index in [0.29, 0.717) is 30.2 Å². The molecule has 0 aromatic heterocycles. The predicted molar refractivity (Wildman–Crippen MR) is 181 cm³/mol. The number of rotatable bonds is 6. The second kappa shape index (κ2) is 12.8. The summed E-state index contributed by atoms with van der Waals surface area (Å²) in [5.74, 6) is -2.03. The van der Waals surface area contributed by atoms with Crippen LogP contribution in [0, 0.1) is 23.8 Å². The van der Waals surface area contributed by atoms with Crippen LogP contribution in [0.1, 0.15) is 24.8 Å². The number of fused-ring (bicyclic) bond motifs is 3. The molecule has 0 N–H and O–H groups in total. The minimum absolute atomic E-state index is 0.0271. The van der Waals surface area contributed by atoms with Gasteiger partial charge in [-0.1, -0.05) is 66.7 Å². The zero-order valence-electron chi connectivity index (χ0n) is 26.4. The Bertz CT molecular complexity index is 1890. The lowest BCUT2D eigenvalue weighted by molar-refractivity contribution is -0.132. The lowest BCUT2D eigenvalue weighted by Crippen LogP contribution is -2.57. The highest BCUT2D eigenvalue weighted by molar-refractivity contribution is 6.36. The summed E-state index contributed by atoms with van der Waals surface area (Å²) < 4.78 is 35.0. The number of hydrogen-bond donors (Lipinski definition) is 0. The van der Waals surface area contributed by atoms with Crippen molar-refractivity contribution in [1.29, 1.82) is 5.26 Å². The topological polar surface area (TPSA) is 76.5 Å². The highest BCUT2D eigenvalue weighted by atomic mass is 35.5. The zero-order valence-corrected chi connectivity index (χ0v) is 27.2. The Hall–Kier alpha value is -4.51. The summed E-state index contributed by atoms with van der Waals surface area (Å²) in [5, 5.41) is 13.2. The Morgan fingerprint density at radius 1 is 1.23 bits per heavy atom. The van der Waals surface area contributed by atoms with E-state index in [1.54, 1.807) is 0 Å². The van der Waals surface area contributed by atoms with Gasteiger partial charge in [0.1, 0.15) is 30.5 Å². The van der Waals surface area contributed by atoms with E-state index in [1.807, 2.05) is 53.5 Å². The second-order valence-corrected chi connectivity index (χ2v) is 13.6. The van der Waals surface area contributed by atoms with Crippen LogP contribution in [-0.4, -0.2) is 96.2 Å². The molecule has 1 aliphatic carbocycles. The number of carbonyl (C=O) groups excluding carboxylic acids is 1. The maximum atomic E-state index is 14.6. The van der Waals surface area contributed by atoms with Gasteiger partial charge in [0.15, 0.2) is 5.83 Å². The van der Waals surface area contributed by atoms with E-state index in [2.05, 4.69) is 28.5 Å². The predicted octanol–water partition coefficient (Wildman–Crippen LogP) is 6.13. The van der Waals surface area contributed by atoms with E-state index < -0.39 is 35.5 Å². The number of piperazine rings is 1. The molecule has 2 aromatic rings. The molecule has 3 saturated heterocycles. The molecular formula is C37H35ClF2N6O2. The van der Waals surface area contributed by atoms with Gasteiger partial charge in [0.05, 0.1) is 11.6 Å². The number of ether oxygens (including phenoxy) is 1. The number of carbonyl (C=O) groups is 1. The molecule has 2 aromatic carbocycles. The highest BCUT2D eigenvalue weighted by Gasteiger charge is 2.50. The van der Waals surface area contributed by atoms with E-state index in [9.17, 15) is 18.8 Å². The fraction of sp³-hybridized carbons (Fsp3) is 0.405. The molecule has 3 fully saturated rings. The molecule has 4 aliphatic heterocycles. The van der Waals surface area contributed by atoms with Crippen molar-refractivity contribution < 1.29 is 18.3 Å². The van der Waals surface area contributed by atoms with Crippen LogP contribution in [0.25, 0.3) is 21.2 Å². The molecule has 48 heavy (non-hydrogen) atoms. The van der Waals surface area contributed by atoms with Crippen molar-refractivity contribution in [1.82, 2.24) is 14.7 Å². The van der Waals surface area contributed by atoms with Gasteiger partial charge in [-0.2, -0.15) is 5.26 Å². The number of aliphatic imine (C=N–C) groups is 1. The van der Waals surface area contributed by atoms with Crippen LogP contribution >= 0.6 is 11.6 Å². The van der Waals surface area contributed by atoms with Crippen molar-refractivity contribution in [2.75, 3.05) is 45.9 Å². The third-order valence-electron chi connectivity index (χ3n) is 10.4. The summed E-state index contributed by atoms with van der Waals surface area (Å²) in [6.45, 7) is 12.8. The molecule has 246 valence electrons. The number of dihydropyridines is 1. The van der Waals surface area contributed by atoms with Gasteiger partial charge in [0.2, 0.25) is 12.4 Å². The van der Waals surface area contributed by atoms with Gasteiger partial charge in [0.25, 0.3) is 5.91 Å². The van der Waals surface area contributed by atoms with Crippen LogP contribution < -0.4 is 0 Å². The summed E-state index contributed by atoms with van der Waals surface area (Å²) >= 11 is 6.70. The number of allylic oxidation sites excluding steroid dienone is 2. The van der Waals surface area contributed by atoms with Crippen molar-refractivity contribution in [3.63, 3.8) is 0 Å². The maximum absolute atomic E-state index is 14.6. The number of hydrogen-bond acceptors (Lipinski definition) is 6. The molecule has 0 spiro atoms. The Morgan fingerprint density at radius 2 is 2.04 bits per heavy atom. The molecule has 1 amide bonds. The average molecular weight is 669 g/mol. The van der Waals surface area contributed by atoms with Crippen LogP contribution in [0.2, 0.25) is 5.02 Å². The first-order valence-corrected chi connectivity index (χ1v) is 16.7. The van der Waals surface area contributed by atoms with E-state index in [4.69, 9.17) is 27.9 Å². The summed E-state index contributed by atoms with van der Waals surface area (Å²) in [6, 6.07) is 13.2. The number of nitrogens with zero attached hydrogens (tertiary/aromatic N) is 6. The van der Waals surface area contributed by atoms with Gasteiger partial charge in [-0.15, -0.1) is 0 Å². The fourth-order valence-electron chi connectivity index (χ4n) is 8.22. The monoisotopic (exact) mass is 668 g/mol. The molecule has 7 rings (SSSR count). The number of amides is 1. The van der Waals surface area contributed by atoms with Crippen molar-refractivity contribution in [3.8, 4) is 6.07 Å². The molecule has 0 radical (unpaired) electrons. The lowest BCUT2D eigenvalue weighted by atomic mass is 9.82. The van der Waals surface area contributed by atoms with Gasteiger partial charge < -0.3 is 19.4 Å². The second-order valence-electron chi connectivity index (χ2n) is 13.2. The summed E-state index contributed by atoms with van der Waals surface area (Å²) in [6.07, 6.45) is 7.36. The summed E-state index contributed by atoms with van der Waals surface area (Å²) in [5.41, 5.74) is 2.41. The molecule has 5 atom stereocenters. The first-order chi connectivity index (χ1) is 23.2. The number of benzene rings is 2. The summed E-state index contributed by atoms with van der Waals surface area (Å²) in [4.78, 5) is 26.7. The van der Waals surface area contributed by atoms with Crippen molar-refractivity contribution in [3.05, 3.63) is 100 Å². The molecule has 0 saturated carbocycles. The van der Waals surface area contributed by atoms with Crippen molar-refractivity contribution in [2.24, 2.45) is 10.9 Å². The van der Waals surface area contributed by atoms with Crippen LogP contribution in [0.3, 0.4) is 0 Å². The standard InChI is InChI=1S/C37H35ClF2N6O2/c1-23(39)36(47)46-15-14-44(21-27(46)19-42-2)34-29-11-10-25(28-8-3-6-24-7-4-9-31(38)33(24)28)16-32(29)43-35(30(34)18-41)48-22-37-12-5-13-45(37)20-26(40)17-37/h3-4,6-11,16,26-27,29,32H,1,5,12-15,17,19-22H2/t26-,27+,29?,32?,37+/m1/s1. The largest absolute Gasteiger partial charge is 0.475 e. The van der Waals surface area contributed by atoms with Crippen LogP contribution in [0.5, 0.6) is 0 Å². The smallest absolute Gasteiger partial charge is 0.282 e. The minimum atomic E-state index is -1.07. The average Bonchev–Trinajstić information content (AvgIpc) is 3.61. The molecule has 11 heteroatoms. The SMILES string of the molecule is [C-]#[N+]C[C@H]1CN(C2=C(C#N)C(OC[C@@]34CCCN3C[C@H](F)C4)=NC3C=C(c4cccc5cccc(Cl)c45)C=CC23)CCN1C(=O)C(=C)F. The van der Waals surface area contributed by atoms with E-state index >= 15 is 0 Å². The van der Waals surface area contributed by atoms with Gasteiger partial charge in [-0.25, -0.2) is 20.3 Å². The van der Waals surface area contributed by atoms with E-state index in [-0.39, 0.29) is 43.6 Å². The molecule has 0 bridgehead atoms. The Kier molecular flexibility index (Phi) is 8.57. The van der Waals surface area contributed by atoms with Gasteiger partial charge in [0, 0.05) is 54.6 Å². The summed E-state index contributed by atoms with van der Waals surface area (Å²) in [7, 11) is 0. The van der Waals surface area contributed by atoms with Crippen molar-refractivity contribution >= 4 is 39.8 Å². The molecule has 2 unspecified atom stereocenters. The number of alkyl halides is 1. The van der Waals surface area contributed by atoms with Crippen LogP contribution in [0.15, 0.2) is 83.3 Å². The third kappa shape index (κ3) is 5.57. The van der Waals surface area contributed by atoms with Gasteiger partial charge >= 0.3 is 0 Å². The molecule has 4 heterocycles. The van der Waals surface area contributed by atoms with E-state index in [0.717, 1.165) is 41.3 Å². The molecule has 5 aliphatic rings. The molecule has 8 nitrogen and oxygen atoms in total. The molecular weight excluding hydrogens is 634 g/mol. The van der Waals surface area contributed by atoms with Crippen LogP contribution in [-0.2, 0) is 9.53 Å². The number of halogens is 3. The minimum Gasteiger partial charge on any atom is -0.475 e. The highest BCUT2D eigenvalue weighted by Crippen LogP contribution is 2.43. The van der Waals surface area contributed by atoms with Crippen LogP contribution in [0.4, 0.5) is 8.78 Å². The van der Waals surface area contributed by atoms with Gasteiger partial charge in [-0.05, 0) is 42.0 Å². The Morgan fingerprint density at radius 3 is 2.81 bits per heavy atom. The number of nitriles is 1. The van der Waals surface area contributed by atoms with Crippen molar-refractivity contribution in [2.45, 2.75) is 43.1 Å². The first-order valence-electron chi connectivity index (χ1n) is 16.3. The quantitative estimate of drug-likeness (QED) is 0.274. The fourth-order valence-corrected chi connectivity index (χ4v) is 8.50. The van der Waals surface area contributed by atoms with Gasteiger partial charge in [-0.3, -0.25) is 9.69 Å². The van der Waals surface area contributed by atoms with E-state index in [1.165, 1.54) is 4.90 Å². The normalized spacial score (nSPS) is 28.4. The zero-order chi connectivity index (χ0) is 33.6. The third-order valence-corrected chi connectivity index (χ3v) is 10.7.